The molecule has 0 aromatic heterocycles. The Kier molecular flexibility index (Phi) is 16.5. The standard InChI is InChI=1S/C19H38N2O5/c1-2-3-4-5-6-7-8-12-18(23)25-14-16(22)15-26-19(24)17(21)11-9-10-13-20/h16-17,22H,2-15,20-21H2,1H3. The van der Waals surface area contributed by atoms with Gasteiger partial charge in [-0.3, -0.25) is 9.59 Å². The lowest BCUT2D eigenvalue weighted by Crippen LogP contribution is -2.35. The fraction of sp³-hybridized carbons (Fsp3) is 0.895. The number of aliphatic hydroxyl groups is 1. The molecule has 0 bridgehead atoms. The van der Waals surface area contributed by atoms with E-state index in [9.17, 15) is 14.7 Å². The van der Waals surface area contributed by atoms with Gasteiger partial charge in [-0.2, -0.15) is 0 Å². The molecule has 0 amide bonds. The largest absolute Gasteiger partial charge is 0.463 e. The van der Waals surface area contributed by atoms with Crippen LogP contribution in [0.1, 0.15) is 77.6 Å². The molecule has 0 aromatic rings. The van der Waals surface area contributed by atoms with Gasteiger partial charge in [0.1, 0.15) is 25.4 Å². The Morgan fingerprint density at radius 1 is 0.923 bits per heavy atom. The molecule has 0 heterocycles. The number of rotatable bonds is 17. The van der Waals surface area contributed by atoms with E-state index < -0.39 is 18.1 Å². The van der Waals surface area contributed by atoms with Crippen LogP contribution in [0, 0.1) is 0 Å². The SMILES string of the molecule is CCCCCCCCCC(=O)OCC(O)COC(=O)C(N)CCCCN. The molecule has 0 fully saturated rings. The molecular formula is C19H38N2O5. The summed E-state index contributed by atoms with van der Waals surface area (Å²) in [5.74, 6) is -0.891. The van der Waals surface area contributed by atoms with Crippen LogP contribution in [0.25, 0.3) is 0 Å². The van der Waals surface area contributed by atoms with Crippen LogP contribution < -0.4 is 11.5 Å². The summed E-state index contributed by atoms with van der Waals surface area (Å²) in [6, 6.07) is -0.714. The van der Waals surface area contributed by atoms with Gasteiger partial charge in [0.25, 0.3) is 0 Å². The van der Waals surface area contributed by atoms with E-state index in [0.717, 1.165) is 32.1 Å². The van der Waals surface area contributed by atoms with E-state index in [1.807, 2.05) is 0 Å². The van der Waals surface area contributed by atoms with Gasteiger partial charge >= 0.3 is 11.9 Å². The van der Waals surface area contributed by atoms with Gasteiger partial charge in [-0.05, 0) is 25.8 Å². The molecule has 0 aliphatic heterocycles. The van der Waals surface area contributed by atoms with Gasteiger partial charge in [-0.1, -0.05) is 51.9 Å². The molecule has 0 saturated carbocycles. The van der Waals surface area contributed by atoms with Crippen LogP contribution in [-0.4, -0.2) is 48.9 Å². The molecule has 2 unspecified atom stereocenters. The maximum atomic E-state index is 11.7. The lowest BCUT2D eigenvalue weighted by atomic mass is 10.1. The van der Waals surface area contributed by atoms with Crippen molar-refractivity contribution in [3.8, 4) is 0 Å². The molecule has 7 nitrogen and oxygen atoms in total. The van der Waals surface area contributed by atoms with Gasteiger partial charge in [-0.15, -0.1) is 0 Å². The first kappa shape index (κ1) is 24.8. The zero-order valence-electron chi connectivity index (χ0n) is 16.3. The molecule has 7 heteroatoms. The van der Waals surface area contributed by atoms with E-state index in [-0.39, 0.29) is 19.2 Å². The van der Waals surface area contributed by atoms with Gasteiger partial charge in [0.05, 0.1) is 0 Å². The highest BCUT2D eigenvalue weighted by Crippen LogP contribution is 2.09. The Balaban J connectivity index is 3.63. The summed E-state index contributed by atoms with van der Waals surface area (Å²) in [6.45, 7) is 2.34. The minimum Gasteiger partial charge on any atom is -0.463 e. The normalized spacial score (nSPS) is 13.2. The minimum atomic E-state index is -1.03. The van der Waals surface area contributed by atoms with Crippen molar-refractivity contribution in [1.82, 2.24) is 0 Å². The average molecular weight is 375 g/mol. The van der Waals surface area contributed by atoms with Crippen LogP contribution >= 0.6 is 0 Å². The number of hydrogen-bond donors (Lipinski definition) is 3. The van der Waals surface area contributed by atoms with Crippen molar-refractivity contribution in [2.24, 2.45) is 11.5 Å². The summed E-state index contributed by atoms with van der Waals surface area (Å²) in [7, 11) is 0. The van der Waals surface area contributed by atoms with Gasteiger partial charge in [0.15, 0.2) is 0 Å². The maximum Gasteiger partial charge on any atom is 0.323 e. The molecule has 0 spiro atoms. The summed E-state index contributed by atoms with van der Waals surface area (Å²) >= 11 is 0. The number of nitrogens with two attached hydrogens (primary N) is 2. The smallest absolute Gasteiger partial charge is 0.323 e. The van der Waals surface area contributed by atoms with Crippen LogP contribution in [-0.2, 0) is 19.1 Å². The molecule has 154 valence electrons. The highest BCUT2D eigenvalue weighted by atomic mass is 16.6. The first-order valence-corrected chi connectivity index (χ1v) is 9.97. The van der Waals surface area contributed by atoms with Crippen LogP contribution in [0.5, 0.6) is 0 Å². The topological polar surface area (TPSA) is 125 Å². The molecule has 0 saturated heterocycles. The quantitative estimate of drug-likeness (QED) is 0.263. The first-order chi connectivity index (χ1) is 12.5. The molecule has 26 heavy (non-hydrogen) atoms. The van der Waals surface area contributed by atoms with Crippen molar-refractivity contribution >= 4 is 11.9 Å². The molecule has 0 aliphatic carbocycles. The second-order valence-corrected chi connectivity index (χ2v) is 6.73. The Hall–Kier alpha value is -1.18. The predicted molar refractivity (Wildman–Crippen MR) is 101 cm³/mol. The minimum absolute atomic E-state index is 0.176. The second kappa shape index (κ2) is 17.2. The molecule has 2 atom stereocenters. The molecule has 0 aliphatic rings. The monoisotopic (exact) mass is 374 g/mol. The van der Waals surface area contributed by atoms with Crippen molar-refractivity contribution in [2.45, 2.75) is 89.7 Å². The second-order valence-electron chi connectivity index (χ2n) is 6.73. The first-order valence-electron chi connectivity index (χ1n) is 9.97. The maximum absolute atomic E-state index is 11.7. The summed E-state index contributed by atoms with van der Waals surface area (Å²) < 4.78 is 9.93. The average Bonchev–Trinajstić information content (AvgIpc) is 2.63. The van der Waals surface area contributed by atoms with Crippen molar-refractivity contribution in [2.75, 3.05) is 19.8 Å². The van der Waals surface area contributed by atoms with Crippen molar-refractivity contribution in [3.05, 3.63) is 0 Å². The third kappa shape index (κ3) is 15.1. The number of hydrogen-bond acceptors (Lipinski definition) is 7. The third-order valence-electron chi connectivity index (χ3n) is 4.11. The zero-order valence-corrected chi connectivity index (χ0v) is 16.3. The molecule has 0 radical (unpaired) electrons. The lowest BCUT2D eigenvalue weighted by molar-refractivity contribution is -0.153. The van der Waals surface area contributed by atoms with Crippen molar-refractivity contribution < 1.29 is 24.2 Å². The van der Waals surface area contributed by atoms with Crippen LogP contribution in [0.4, 0.5) is 0 Å². The van der Waals surface area contributed by atoms with Crippen molar-refractivity contribution in [1.29, 1.82) is 0 Å². The van der Waals surface area contributed by atoms with Crippen LogP contribution in [0.2, 0.25) is 0 Å². The zero-order chi connectivity index (χ0) is 19.6. The van der Waals surface area contributed by atoms with Gasteiger partial charge in [0.2, 0.25) is 0 Å². The number of aliphatic hydroxyl groups excluding tert-OH is 1. The molecule has 5 N–H and O–H groups in total. The fourth-order valence-corrected chi connectivity index (χ4v) is 2.45. The van der Waals surface area contributed by atoms with Crippen LogP contribution in [0.3, 0.4) is 0 Å². The molecule has 0 rings (SSSR count). The Labute approximate surface area is 157 Å². The van der Waals surface area contributed by atoms with E-state index >= 15 is 0 Å². The number of carbonyl (C=O) groups is 2. The molecular weight excluding hydrogens is 336 g/mol. The van der Waals surface area contributed by atoms with Crippen LogP contribution in [0.15, 0.2) is 0 Å². The lowest BCUT2D eigenvalue weighted by Gasteiger charge is -2.14. The van der Waals surface area contributed by atoms with E-state index in [0.29, 0.717) is 19.4 Å². The van der Waals surface area contributed by atoms with E-state index in [1.165, 1.54) is 25.7 Å². The number of esters is 2. The third-order valence-corrected chi connectivity index (χ3v) is 4.11. The fourth-order valence-electron chi connectivity index (χ4n) is 2.45. The van der Waals surface area contributed by atoms with Gasteiger partial charge in [0, 0.05) is 6.42 Å². The summed E-state index contributed by atoms with van der Waals surface area (Å²) in [5, 5.41) is 9.72. The number of ether oxygens (including phenoxy) is 2. The van der Waals surface area contributed by atoms with E-state index in [2.05, 4.69) is 6.92 Å². The highest BCUT2D eigenvalue weighted by molar-refractivity contribution is 5.75. The van der Waals surface area contributed by atoms with E-state index in [4.69, 9.17) is 20.9 Å². The highest BCUT2D eigenvalue weighted by Gasteiger charge is 2.17. The number of carbonyl (C=O) groups excluding carboxylic acids is 2. The predicted octanol–water partition coefficient (Wildman–Crippen LogP) is 2.03. The Bertz CT molecular complexity index is 366. The van der Waals surface area contributed by atoms with Gasteiger partial charge < -0.3 is 26.0 Å². The van der Waals surface area contributed by atoms with E-state index in [1.54, 1.807) is 0 Å². The number of unbranched alkanes of at least 4 members (excludes halogenated alkanes) is 7. The molecule has 0 aromatic carbocycles. The Morgan fingerprint density at radius 3 is 2.19 bits per heavy atom. The Morgan fingerprint density at radius 2 is 1.54 bits per heavy atom. The summed E-state index contributed by atoms with van der Waals surface area (Å²) in [4.78, 5) is 23.3. The van der Waals surface area contributed by atoms with Crippen molar-refractivity contribution in [3.63, 3.8) is 0 Å². The summed E-state index contributed by atoms with van der Waals surface area (Å²) in [6.07, 6.45) is 9.28. The van der Waals surface area contributed by atoms with Gasteiger partial charge in [-0.25, -0.2) is 0 Å². The summed E-state index contributed by atoms with van der Waals surface area (Å²) in [5.41, 5.74) is 11.1.